The fraction of sp³-hybridized carbons (Fsp3) is 0.400. The molecule has 0 spiro atoms. The second-order valence-corrected chi connectivity index (χ2v) is 8.68. The van der Waals surface area contributed by atoms with Crippen LogP contribution in [-0.2, 0) is 22.9 Å². The molecule has 0 bridgehead atoms. The number of likely N-dealkylation sites (N-methyl/N-ethyl adjacent to an activating group) is 1. The quantitative estimate of drug-likeness (QED) is 0.808. The van der Waals surface area contributed by atoms with E-state index in [9.17, 15) is 8.42 Å². The number of rotatable bonds is 5. The molecule has 1 atom stereocenters. The molecule has 0 N–H and O–H groups in total. The summed E-state index contributed by atoms with van der Waals surface area (Å²) in [6, 6.07) is 13.0. The summed E-state index contributed by atoms with van der Waals surface area (Å²) in [5.41, 5.74) is 2.43. The standard InChI is InChI=1S/C20H23NO4S/c1-2-21(13-17-14-24-19-8-3-4-9-20(19)25-17)26(22,23)18-11-10-15-6-5-7-16(15)12-18/h3-4,8-12,17H,2,5-7,13-14H2,1H3/t17-/m1/s1. The van der Waals surface area contributed by atoms with Crippen molar-refractivity contribution in [3.63, 3.8) is 0 Å². The second kappa shape index (κ2) is 6.93. The van der Waals surface area contributed by atoms with E-state index >= 15 is 0 Å². The first-order chi connectivity index (χ1) is 12.6. The highest BCUT2D eigenvalue weighted by molar-refractivity contribution is 7.89. The van der Waals surface area contributed by atoms with Gasteiger partial charge in [-0.3, -0.25) is 0 Å². The van der Waals surface area contributed by atoms with Gasteiger partial charge in [-0.1, -0.05) is 25.1 Å². The smallest absolute Gasteiger partial charge is 0.243 e. The summed E-state index contributed by atoms with van der Waals surface area (Å²) in [5.74, 6) is 1.36. The lowest BCUT2D eigenvalue weighted by molar-refractivity contribution is 0.0771. The molecule has 6 heteroatoms. The van der Waals surface area contributed by atoms with Gasteiger partial charge in [0, 0.05) is 6.54 Å². The monoisotopic (exact) mass is 373 g/mol. The average Bonchev–Trinajstić information content (AvgIpc) is 3.13. The zero-order valence-corrected chi connectivity index (χ0v) is 15.7. The topological polar surface area (TPSA) is 55.8 Å². The van der Waals surface area contributed by atoms with Gasteiger partial charge in [0.1, 0.15) is 12.7 Å². The third-order valence-corrected chi connectivity index (χ3v) is 6.97. The van der Waals surface area contributed by atoms with E-state index in [1.165, 1.54) is 9.87 Å². The van der Waals surface area contributed by atoms with Crippen molar-refractivity contribution in [3.05, 3.63) is 53.6 Å². The zero-order chi connectivity index (χ0) is 18.1. The number of aryl methyl sites for hydroxylation is 2. The Bertz CT molecular complexity index is 910. The number of hydrogen-bond donors (Lipinski definition) is 0. The van der Waals surface area contributed by atoms with E-state index in [0.29, 0.717) is 29.5 Å². The number of ether oxygens (including phenoxy) is 2. The van der Waals surface area contributed by atoms with Crippen LogP contribution in [0.5, 0.6) is 11.5 Å². The Morgan fingerprint density at radius 2 is 1.85 bits per heavy atom. The Morgan fingerprint density at radius 1 is 1.08 bits per heavy atom. The first-order valence-corrected chi connectivity index (χ1v) is 10.5. The molecule has 1 aliphatic heterocycles. The summed E-state index contributed by atoms with van der Waals surface area (Å²) in [6.45, 7) is 2.85. The van der Waals surface area contributed by atoms with Crippen molar-refractivity contribution in [2.75, 3.05) is 19.7 Å². The molecule has 0 aromatic heterocycles. The number of para-hydroxylation sites is 2. The molecule has 2 aliphatic rings. The maximum atomic E-state index is 13.1. The summed E-state index contributed by atoms with van der Waals surface area (Å²) >= 11 is 0. The normalized spacial score (nSPS) is 18.8. The lowest BCUT2D eigenvalue weighted by Crippen LogP contribution is -2.43. The minimum atomic E-state index is -3.55. The minimum Gasteiger partial charge on any atom is -0.486 e. The van der Waals surface area contributed by atoms with Gasteiger partial charge in [0.25, 0.3) is 0 Å². The van der Waals surface area contributed by atoms with Crippen LogP contribution in [0.2, 0.25) is 0 Å². The van der Waals surface area contributed by atoms with Crippen molar-refractivity contribution in [2.45, 2.75) is 37.2 Å². The maximum Gasteiger partial charge on any atom is 0.243 e. The lowest BCUT2D eigenvalue weighted by atomic mass is 10.1. The Balaban J connectivity index is 1.53. The number of sulfonamides is 1. The van der Waals surface area contributed by atoms with Gasteiger partial charge in [0.15, 0.2) is 11.5 Å². The van der Waals surface area contributed by atoms with Gasteiger partial charge >= 0.3 is 0 Å². The fourth-order valence-electron chi connectivity index (χ4n) is 3.64. The number of nitrogens with zero attached hydrogens (tertiary/aromatic N) is 1. The van der Waals surface area contributed by atoms with Crippen LogP contribution in [0.4, 0.5) is 0 Å². The van der Waals surface area contributed by atoms with Crippen molar-refractivity contribution in [3.8, 4) is 11.5 Å². The second-order valence-electron chi connectivity index (χ2n) is 6.74. The minimum absolute atomic E-state index is 0.268. The molecule has 1 aliphatic carbocycles. The van der Waals surface area contributed by atoms with E-state index in [-0.39, 0.29) is 12.6 Å². The molecule has 1 heterocycles. The molecule has 0 saturated carbocycles. The van der Waals surface area contributed by atoms with Crippen LogP contribution in [0.15, 0.2) is 47.4 Å². The van der Waals surface area contributed by atoms with Crippen LogP contribution in [0.25, 0.3) is 0 Å². The van der Waals surface area contributed by atoms with E-state index in [0.717, 1.165) is 24.8 Å². The Kier molecular flexibility index (Phi) is 4.63. The SMILES string of the molecule is CCN(C[C@@H]1COc2ccccc2O1)S(=O)(=O)c1ccc2c(c1)CCC2. The third kappa shape index (κ3) is 3.19. The van der Waals surface area contributed by atoms with Crippen LogP contribution in [-0.4, -0.2) is 38.5 Å². The number of benzene rings is 2. The molecule has 0 saturated heterocycles. The van der Waals surface area contributed by atoms with Gasteiger partial charge < -0.3 is 9.47 Å². The predicted molar refractivity (Wildman–Crippen MR) is 99.3 cm³/mol. The van der Waals surface area contributed by atoms with E-state index in [1.54, 1.807) is 6.07 Å². The van der Waals surface area contributed by atoms with Gasteiger partial charge in [-0.25, -0.2) is 8.42 Å². The molecule has 138 valence electrons. The maximum absolute atomic E-state index is 13.1. The van der Waals surface area contributed by atoms with Gasteiger partial charge in [0.2, 0.25) is 10.0 Å². The van der Waals surface area contributed by atoms with Crippen LogP contribution < -0.4 is 9.47 Å². The van der Waals surface area contributed by atoms with Crippen LogP contribution >= 0.6 is 0 Å². The lowest BCUT2D eigenvalue weighted by Gasteiger charge is -2.30. The van der Waals surface area contributed by atoms with Crippen molar-refractivity contribution in [1.82, 2.24) is 4.31 Å². The Hall–Kier alpha value is -2.05. The largest absolute Gasteiger partial charge is 0.486 e. The summed E-state index contributed by atoms with van der Waals surface area (Å²) in [4.78, 5) is 0.372. The molecule has 2 aromatic rings. The van der Waals surface area contributed by atoms with Crippen molar-refractivity contribution in [2.24, 2.45) is 0 Å². The van der Waals surface area contributed by atoms with E-state index < -0.39 is 10.0 Å². The molecule has 2 aromatic carbocycles. The fourth-order valence-corrected chi connectivity index (χ4v) is 5.17. The van der Waals surface area contributed by atoms with Crippen LogP contribution in [0.3, 0.4) is 0 Å². The molecule has 0 unspecified atom stereocenters. The highest BCUT2D eigenvalue weighted by Gasteiger charge is 2.30. The molecular weight excluding hydrogens is 350 g/mol. The molecule has 0 fully saturated rings. The molecule has 0 radical (unpaired) electrons. The molecular formula is C20H23NO4S. The van der Waals surface area contributed by atoms with Crippen molar-refractivity contribution in [1.29, 1.82) is 0 Å². The summed E-state index contributed by atoms with van der Waals surface area (Å²) in [6.07, 6.45) is 2.78. The number of fused-ring (bicyclic) bond motifs is 2. The van der Waals surface area contributed by atoms with Crippen molar-refractivity contribution >= 4 is 10.0 Å². The molecule has 26 heavy (non-hydrogen) atoms. The molecule has 0 amide bonds. The van der Waals surface area contributed by atoms with Crippen LogP contribution in [0.1, 0.15) is 24.5 Å². The average molecular weight is 373 g/mol. The first kappa shape index (κ1) is 17.4. The van der Waals surface area contributed by atoms with Crippen molar-refractivity contribution < 1.29 is 17.9 Å². The van der Waals surface area contributed by atoms with E-state index in [2.05, 4.69) is 0 Å². The Labute approximate surface area is 154 Å². The zero-order valence-electron chi connectivity index (χ0n) is 14.8. The van der Waals surface area contributed by atoms with E-state index in [4.69, 9.17) is 9.47 Å². The van der Waals surface area contributed by atoms with E-state index in [1.807, 2.05) is 43.3 Å². The third-order valence-electron chi connectivity index (χ3n) is 5.04. The molecule has 4 rings (SSSR count). The van der Waals surface area contributed by atoms with Gasteiger partial charge in [-0.15, -0.1) is 0 Å². The summed E-state index contributed by atoms with van der Waals surface area (Å²) in [5, 5.41) is 0. The van der Waals surface area contributed by atoms with Gasteiger partial charge in [-0.05, 0) is 54.7 Å². The number of hydrogen-bond acceptors (Lipinski definition) is 4. The van der Waals surface area contributed by atoms with Gasteiger partial charge in [0.05, 0.1) is 11.4 Å². The first-order valence-electron chi connectivity index (χ1n) is 9.08. The molecule has 5 nitrogen and oxygen atoms in total. The highest BCUT2D eigenvalue weighted by atomic mass is 32.2. The summed E-state index contributed by atoms with van der Waals surface area (Å²) in [7, 11) is -3.55. The highest BCUT2D eigenvalue weighted by Crippen LogP contribution is 2.32. The van der Waals surface area contributed by atoms with Gasteiger partial charge in [-0.2, -0.15) is 4.31 Å². The van der Waals surface area contributed by atoms with Crippen LogP contribution in [0, 0.1) is 0 Å². The Morgan fingerprint density at radius 3 is 2.65 bits per heavy atom. The predicted octanol–water partition coefficient (Wildman–Crippen LogP) is 3.03. The summed E-state index contributed by atoms with van der Waals surface area (Å²) < 4.78 is 39.4.